The quantitative estimate of drug-likeness (QED) is 0.211. The van der Waals surface area contributed by atoms with Crippen molar-refractivity contribution in [3.8, 4) is 40.2 Å². The Morgan fingerprint density at radius 1 is 0.978 bits per heavy atom. The van der Waals surface area contributed by atoms with Crippen molar-refractivity contribution in [3.05, 3.63) is 63.1 Å². The van der Waals surface area contributed by atoms with E-state index in [2.05, 4.69) is 10.3 Å². The summed E-state index contributed by atoms with van der Waals surface area (Å²) in [4.78, 5) is 41.8. The number of carbonyl (C=O) groups is 2. The predicted octanol–water partition coefficient (Wildman–Crippen LogP) is 3.68. The van der Waals surface area contributed by atoms with Crippen LogP contribution in [-0.4, -0.2) is 69.3 Å². The molecular weight excluding hydrogens is 588 g/mol. The number of hydrogen-bond donors (Lipinski definition) is 3. The van der Waals surface area contributed by atoms with Crippen LogP contribution in [0.25, 0.3) is 0 Å². The van der Waals surface area contributed by atoms with Gasteiger partial charge in [0, 0.05) is 30.6 Å². The van der Waals surface area contributed by atoms with E-state index < -0.39 is 29.1 Å². The van der Waals surface area contributed by atoms with Crippen LogP contribution in [0.5, 0.6) is 40.2 Å². The molecule has 0 fully saturated rings. The van der Waals surface area contributed by atoms with Gasteiger partial charge in [-0.25, -0.2) is 4.79 Å². The van der Waals surface area contributed by atoms with Crippen LogP contribution < -0.4 is 39.3 Å². The number of H-pyrrole nitrogens is 1. The Morgan fingerprint density at radius 2 is 1.71 bits per heavy atom. The van der Waals surface area contributed by atoms with Gasteiger partial charge >= 0.3 is 5.97 Å². The van der Waals surface area contributed by atoms with E-state index in [4.69, 9.17) is 33.2 Å². The van der Waals surface area contributed by atoms with E-state index >= 15 is 0 Å². The molecule has 0 aliphatic carbocycles. The Labute approximate surface area is 260 Å². The number of aromatic nitrogens is 1. The molecule has 1 aliphatic rings. The van der Waals surface area contributed by atoms with Crippen LogP contribution in [0.1, 0.15) is 60.2 Å². The van der Waals surface area contributed by atoms with E-state index in [1.165, 1.54) is 14.2 Å². The van der Waals surface area contributed by atoms with E-state index in [1.807, 2.05) is 32.0 Å². The van der Waals surface area contributed by atoms with Crippen molar-refractivity contribution in [2.75, 3.05) is 47.4 Å². The van der Waals surface area contributed by atoms with Crippen molar-refractivity contribution in [1.29, 1.82) is 0 Å². The Bertz CT molecular complexity index is 1580. The fourth-order valence-electron chi connectivity index (χ4n) is 5.10. The lowest BCUT2D eigenvalue weighted by Crippen LogP contribution is -2.29. The van der Waals surface area contributed by atoms with Crippen LogP contribution in [0, 0.1) is 0 Å². The van der Waals surface area contributed by atoms with Gasteiger partial charge in [-0.1, -0.05) is 6.07 Å². The summed E-state index contributed by atoms with van der Waals surface area (Å²) >= 11 is 0. The molecule has 3 N–H and O–H groups in total. The molecule has 1 unspecified atom stereocenters. The van der Waals surface area contributed by atoms with Crippen molar-refractivity contribution in [2.45, 2.75) is 39.5 Å². The number of pyridine rings is 1. The van der Waals surface area contributed by atoms with E-state index in [-0.39, 0.29) is 54.7 Å². The number of rotatable bonds is 15. The maximum Gasteiger partial charge on any atom is 0.343 e. The molecule has 13 heteroatoms. The van der Waals surface area contributed by atoms with Gasteiger partial charge in [0.2, 0.25) is 24.2 Å². The van der Waals surface area contributed by atoms with Crippen LogP contribution >= 0.6 is 0 Å². The lowest BCUT2D eigenvalue weighted by atomic mass is 9.86. The zero-order valence-electron chi connectivity index (χ0n) is 25.9. The van der Waals surface area contributed by atoms with E-state index in [0.29, 0.717) is 42.4 Å². The molecule has 13 nitrogen and oxygen atoms in total. The molecular formula is C32H38N2O11. The lowest BCUT2D eigenvalue weighted by Gasteiger charge is -2.23. The van der Waals surface area contributed by atoms with E-state index in [1.54, 1.807) is 13.0 Å². The Morgan fingerprint density at radius 3 is 2.40 bits per heavy atom. The fourth-order valence-corrected chi connectivity index (χ4v) is 5.10. The van der Waals surface area contributed by atoms with Gasteiger partial charge in [-0.15, -0.1) is 0 Å². The highest BCUT2D eigenvalue weighted by atomic mass is 16.7. The second-order valence-electron chi connectivity index (χ2n) is 9.78. The molecule has 4 rings (SSSR count). The number of nitrogens with one attached hydrogen (secondary N) is 2. The first kappa shape index (κ1) is 32.8. The number of aromatic amines is 1. The first-order valence-electron chi connectivity index (χ1n) is 14.6. The average Bonchev–Trinajstić information content (AvgIpc) is 3.51. The summed E-state index contributed by atoms with van der Waals surface area (Å²) in [5.41, 5.74) is 0.00221. The van der Waals surface area contributed by atoms with Gasteiger partial charge in [-0.05, 0) is 51.0 Å². The highest BCUT2D eigenvalue weighted by Crippen LogP contribution is 2.53. The van der Waals surface area contributed by atoms with Gasteiger partial charge in [-0.3, -0.25) is 9.59 Å². The molecule has 242 valence electrons. The van der Waals surface area contributed by atoms with Crippen molar-refractivity contribution in [1.82, 2.24) is 10.3 Å². The van der Waals surface area contributed by atoms with Gasteiger partial charge in [-0.2, -0.15) is 0 Å². The maximum atomic E-state index is 13.5. The number of benzene rings is 2. The molecule has 3 aromatic rings. The second-order valence-corrected chi connectivity index (χ2v) is 9.78. The molecule has 2 heterocycles. The van der Waals surface area contributed by atoms with E-state index in [9.17, 15) is 19.5 Å². The molecule has 0 saturated heterocycles. The summed E-state index contributed by atoms with van der Waals surface area (Å²) in [6, 6.07) is 7.14. The molecule has 1 atom stereocenters. The van der Waals surface area contributed by atoms with Gasteiger partial charge in [0.15, 0.2) is 23.0 Å². The average molecular weight is 627 g/mol. The summed E-state index contributed by atoms with van der Waals surface area (Å²) < 4.78 is 38.7. The third-order valence-electron chi connectivity index (χ3n) is 7.07. The maximum absolute atomic E-state index is 13.5. The molecule has 0 radical (unpaired) electrons. The summed E-state index contributed by atoms with van der Waals surface area (Å²) in [7, 11) is 2.83. The fraction of sp³-hybridized carbons (Fsp3) is 0.406. The van der Waals surface area contributed by atoms with E-state index in [0.717, 1.165) is 11.8 Å². The normalized spacial score (nSPS) is 12.3. The molecule has 1 amide bonds. The monoisotopic (exact) mass is 626 g/mol. The molecule has 45 heavy (non-hydrogen) atoms. The number of aromatic hydroxyl groups is 1. The third kappa shape index (κ3) is 7.19. The minimum Gasteiger partial charge on any atom is -0.506 e. The minimum absolute atomic E-state index is 0.0478. The van der Waals surface area contributed by atoms with Gasteiger partial charge in [0.05, 0.1) is 39.6 Å². The number of hydrogen-bond acceptors (Lipinski definition) is 11. The predicted molar refractivity (Wildman–Crippen MR) is 162 cm³/mol. The Balaban J connectivity index is 1.68. The molecule has 2 aromatic carbocycles. The summed E-state index contributed by atoms with van der Waals surface area (Å²) in [6.07, 6.45) is 1.24. The number of esters is 1. The van der Waals surface area contributed by atoms with Gasteiger partial charge < -0.3 is 48.6 Å². The number of ether oxygens (including phenoxy) is 7. The van der Waals surface area contributed by atoms with Crippen LogP contribution in [-0.2, 0) is 16.0 Å². The third-order valence-corrected chi connectivity index (χ3v) is 7.07. The highest BCUT2D eigenvalue weighted by Gasteiger charge is 2.35. The first-order valence-corrected chi connectivity index (χ1v) is 14.6. The molecule has 0 saturated carbocycles. The van der Waals surface area contributed by atoms with Crippen LogP contribution in [0.3, 0.4) is 0 Å². The standard InChI is InChI=1S/C32H38N2O11/c1-6-41-22-10-9-18(13-23(22)42-7-2)11-12-33-25(35)15-19(26-27(36)21(16-34-31(26)37)32(38)43-8-3)20-14-24(39-4)29-30(28(20)40-5)45-17-44-29/h9-10,13-14,16,19H,6-8,11-12,15,17H2,1-5H3,(H,33,35)(H2,34,36,37). The summed E-state index contributed by atoms with van der Waals surface area (Å²) in [5.74, 6) is -0.801. The van der Waals surface area contributed by atoms with Crippen molar-refractivity contribution in [3.63, 3.8) is 0 Å². The molecule has 0 bridgehead atoms. The molecule has 1 aromatic heterocycles. The van der Waals surface area contributed by atoms with Crippen molar-refractivity contribution < 1.29 is 47.9 Å². The zero-order valence-corrected chi connectivity index (χ0v) is 25.9. The molecule has 0 spiro atoms. The summed E-state index contributed by atoms with van der Waals surface area (Å²) in [5, 5.41) is 14.1. The molecule has 1 aliphatic heterocycles. The summed E-state index contributed by atoms with van der Waals surface area (Å²) in [6.45, 7) is 6.57. The topological polar surface area (TPSA) is 164 Å². The SMILES string of the molecule is CCOC(=O)c1c[nH]c(=O)c(C(CC(=O)NCCc2ccc(OCC)c(OCC)c2)c2cc(OC)c3c(c2OC)OCO3)c1O. The van der Waals surface area contributed by atoms with Crippen LogP contribution in [0.4, 0.5) is 0 Å². The number of amides is 1. The first-order chi connectivity index (χ1) is 21.8. The number of methoxy groups -OCH3 is 2. The second kappa shape index (κ2) is 15.1. The van der Waals surface area contributed by atoms with Crippen LogP contribution in [0.15, 0.2) is 35.3 Å². The highest BCUT2D eigenvalue weighted by molar-refractivity contribution is 5.92. The smallest absolute Gasteiger partial charge is 0.343 e. The van der Waals surface area contributed by atoms with Crippen molar-refractivity contribution in [2.24, 2.45) is 0 Å². The zero-order chi connectivity index (χ0) is 32.5. The van der Waals surface area contributed by atoms with Crippen molar-refractivity contribution >= 4 is 11.9 Å². The Hall–Kier alpha value is -5.07. The Kier molecular flexibility index (Phi) is 11.0. The van der Waals surface area contributed by atoms with Crippen LogP contribution in [0.2, 0.25) is 0 Å². The number of fused-ring (bicyclic) bond motifs is 1. The number of carbonyl (C=O) groups excluding carboxylic acids is 2. The largest absolute Gasteiger partial charge is 0.506 e. The minimum atomic E-state index is -1.11. The van der Waals surface area contributed by atoms with Gasteiger partial charge in [0.25, 0.3) is 5.56 Å². The van der Waals surface area contributed by atoms with Gasteiger partial charge in [0.1, 0.15) is 11.3 Å². The lowest BCUT2D eigenvalue weighted by molar-refractivity contribution is -0.121.